The van der Waals surface area contributed by atoms with Crippen molar-refractivity contribution in [1.82, 2.24) is 0 Å². The van der Waals surface area contributed by atoms with Crippen LogP contribution in [0.4, 0.5) is 5.69 Å². The lowest BCUT2D eigenvalue weighted by atomic mass is 9.93. The van der Waals surface area contributed by atoms with Gasteiger partial charge in [0.15, 0.2) is 0 Å². The molecule has 1 heterocycles. The molecule has 17 heavy (non-hydrogen) atoms. The van der Waals surface area contributed by atoms with Crippen molar-refractivity contribution >= 4 is 11.7 Å². The first-order chi connectivity index (χ1) is 8.13. The van der Waals surface area contributed by atoms with Crippen molar-refractivity contribution in [2.75, 3.05) is 18.6 Å². The van der Waals surface area contributed by atoms with E-state index in [1.807, 2.05) is 13.0 Å². The zero-order chi connectivity index (χ0) is 12.4. The minimum atomic E-state index is -0.219. The topological polar surface area (TPSA) is 29.5 Å². The Hall–Kier alpha value is -1.51. The van der Waals surface area contributed by atoms with Crippen molar-refractivity contribution in [3.8, 4) is 0 Å². The van der Waals surface area contributed by atoms with Crippen LogP contribution >= 0.6 is 0 Å². The van der Waals surface area contributed by atoms with E-state index >= 15 is 0 Å². The number of ether oxygens (including phenoxy) is 1. The van der Waals surface area contributed by atoms with E-state index in [4.69, 9.17) is 4.74 Å². The summed E-state index contributed by atoms with van der Waals surface area (Å²) in [5, 5.41) is 0. The quantitative estimate of drug-likeness (QED) is 0.734. The van der Waals surface area contributed by atoms with Gasteiger partial charge in [-0.2, -0.15) is 0 Å². The molecule has 0 saturated carbocycles. The van der Waals surface area contributed by atoms with Crippen LogP contribution < -0.4 is 4.90 Å². The van der Waals surface area contributed by atoms with Gasteiger partial charge >= 0.3 is 5.97 Å². The number of benzene rings is 1. The van der Waals surface area contributed by atoms with Crippen molar-refractivity contribution in [1.29, 1.82) is 0 Å². The van der Waals surface area contributed by atoms with Crippen LogP contribution in [0.5, 0.6) is 0 Å². The largest absolute Gasteiger partial charge is 0.467 e. The van der Waals surface area contributed by atoms with E-state index in [0.29, 0.717) is 5.92 Å². The molecule has 1 aromatic rings. The molecular weight excluding hydrogens is 214 g/mol. The molecule has 0 fully saturated rings. The highest BCUT2D eigenvalue weighted by Crippen LogP contribution is 2.30. The Morgan fingerprint density at radius 3 is 2.88 bits per heavy atom. The Bertz CT molecular complexity index is 416. The number of rotatable bonds is 2. The second kappa shape index (κ2) is 4.78. The third kappa shape index (κ3) is 2.28. The normalized spacial score (nSPS) is 20.6. The highest BCUT2D eigenvalue weighted by Gasteiger charge is 2.28. The summed E-state index contributed by atoms with van der Waals surface area (Å²) >= 11 is 0. The number of esters is 1. The molecule has 2 unspecified atom stereocenters. The summed E-state index contributed by atoms with van der Waals surface area (Å²) in [6.45, 7) is 5.03. The smallest absolute Gasteiger partial charge is 0.328 e. The van der Waals surface area contributed by atoms with E-state index in [0.717, 1.165) is 13.0 Å². The summed E-state index contributed by atoms with van der Waals surface area (Å²) < 4.78 is 4.83. The maximum Gasteiger partial charge on any atom is 0.328 e. The molecule has 0 radical (unpaired) electrons. The van der Waals surface area contributed by atoms with Gasteiger partial charge in [-0.3, -0.25) is 0 Å². The van der Waals surface area contributed by atoms with E-state index in [1.165, 1.54) is 18.4 Å². The highest BCUT2D eigenvalue weighted by molar-refractivity contribution is 5.80. The van der Waals surface area contributed by atoms with Crippen molar-refractivity contribution < 1.29 is 9.53 Å². The molecule has 0 amide bonds. The number of carbonyl (C=O) groups is 1. The first kappa shape index (κ1) is 12.0. The number of fused-ring (bicyclic) bond motifs is 1. The minimum Gasteiger partial charge on any atom is -0.467 e. The van der Waals surface area contributed by atoms with Gasteiger partial charge in [-0.25, -0.2) is 4.79 Å². The van der Waals surface area contributed by atoms with Gasteiger partial charge in [-0.15, -0.1) is 0 Å². The summed E-state index contributed by atoms with van der Waals surface area (Å²) in [6, 6.07) is 8.08. The van der Waals surface area contributed by atoms with E-state index in [1.54, 1.807) is 0 Å². The summed E-state index contributed by atoms with van der Waals surface area (Å²) in [5.41, 5.74) is 2.49. The van der Waals surface area contributed by atoms with E-state index in [2.05, 4.69) is 30.0 Å². The summed E-state index contributed by atoms with van der Waals surface area (Å²) in [7, 11) is 1.44. The lowest BCUT2D eigenvalue weighted by molar-refractivity contribution is -0.141. The lowest BCUT2D eigenvalue weighted by Crippen LogP contribution is -2.45. The molecule has 3 heteroatoms. The van der Waals surface area contributed by atoms with Crippen molar-refractivity contribution in [2.45, 2.75) is 26.3 Å². The van der Waals surface area contributed by atoms with Crippen molar-refractivity contribution in [3.05, 3.63) is 29.8 Å². The van der Waals surface area contributed by atoms with Crippen LogP contribution in [-0.4, -0.2) is 25.7 Å². The molecule has 0 spiro atoms. The van der Waals surface area contributed by atoms with Gasteiger partial charge in [0.1, 0.15) is 6.04 Å². The average molecular weight is 233 g/mol. The van der Waals surface area contributed by atoms with Gasteiger partial charge in [0.25, 0.3) is 0 Å². The molecule has 1 aromatic carbocycles. The van der Waals surface area contributed by atoms with E-state index < -0.39 is 0 Å². The third-order valence-electron chi connectivity index (χ3n) is 3.39. The molecular formula is C14H19NO2. The molecule has 0 aliphatic carbocycles. The molecule has 0 bridgehead atoms. The van der Waals surface area contributed by atoms with E-state index in [9.17, 15) is 4.79 Å². The number of hydrogen-bond donors (Lipinski definition) is 0. The molecule has 3 nitrogen and oxygen atoms in total. The second-order valence-corrected chi connectivity index (χ2v) is 4.79. The van der Waals surface area contributed by atoms with Crippen LogP contribution in [0.3, 0.4) is 0 Å². The first-order valence-corrected chi connectivity index (χ1v) is 6.06. The Morgan fingerprint density at radius 1 is 1.47 bits per heavy atom. The maximum absolute atomic E-state index is 11.7. The Kier molecular flexibility index (Phi) is 3.36. The fourth-order valence-electron chi connectivity index (χ4n) is 2.50. The number of para-hydroxylation sites is 1. The van der Waals surface area contributed by atoms with Gasteiger partial charge in [0, 0.05) is 12.2 Å². The SMILES string of the molecule is COC(=O)C(C)N1CC(C)Cc2ccccc21. The average Bonchev–Trinajstić information content (AvgIpc) is 2.35. The standard InChI is InChI=1S/C14H19NO2/c1-10-8-12-6-4-5-7-13(12)15(9-10)11(2)14(16)17-3/h4-7,10-11H,8-9H2,1-3H3. The molecule has 2 atom stereocenters. The van der Waals surface area contributed by atoms with Gasteiger partial charge < -0.3 is 9.64 Å². The molecule has 1 aliphatic heterocycles. The zero-order valence-electron chi connectivity index (χ0n) is 10.6. The van der Waals surface area contributed by atoms with Crippen LogP contribution in [0.25, 0.3) is 0 Å². The van der Waals surface area contributed by atoms with Gasteiger partial charge in [-0.1, -0.05) is 25.1 Å². The van der Waals surface area contributed by atoms with Crippen molar-refractivity contribution in [2.24, 2.45) is 5.92 Å². The minimum absolute atomic E-state index is 0.172. The third-order valence-corrected chi connectivity index (χ3v) is 3.39. The molecule has 0 aromatic heterocycles. The Balaban J connectivity index is 2.32. The number of carbonyl (C=O) groups excluding carboxylic acids is 1. The first-order valence-electron chi connectivity index (χ1n) is 6.06. The van der Waals surface area contributed by atoms with Crippen LogP contribution in [0.2, 0.25) is 0 Å². The van der Waals surface area contributed by atoms with Gasteiger partial charge in [-0.05, 0) is 30.9 Å². The summed E-state index contributed by atoms with van der Waals surface area (Å²) in [6.07, 6.45) is 1.08. The van der Waals surface area contributed by atoms with Gasteiger partial charge in [0.2, 0.25) is 0 Å². The fourth-order valence-corrected chi connectivity index (χ4v) is 2.50. The van der Waals surface area contributed by atoms with Crippen LogP contribution in [-0.2, 0) is 16.0 Å². The number of hydrogen-bond acceptors (Lipinski definition) is 3. The maximum atomic E-state index is 11.7. The second-order valence-electron chi connectivity index (χ2n) is 4.79. The molecule has 0 N–H and O–H groups in total. The van der Waals surface area contributed by atoms with Crippen LogP contribution in [0.15, 0.2) is 24.3 Å². The number of nitrogens with zero attached hydrogens (tertiary/aromatic N) is 1. The highest BCUT2D eigenvalue weighted by atomic mass is 16.5. The zero-order valence-corrected chi connectivity index (χ0v) is 10.6. The number of anilines is 1. The predicted octanol–water partition coefficient (Wildman–Crippen LogP) is 2.25. The van der Waals surface area contributed by atoms with E-state index in [-0.39, 0.29) is 12.0 Å². The number of methoxy groups -OCH3 is 1. The Labute approximate surface area is 102 Å². The molecule has 0 saturated heterocycles. The summed E-state index contributed by atoms with van der Waals surface area (Å²) in [4.78, 5) is 13.8. The monoisotopic (exact) mass is 233 g/mol. The molecule has 92 valence electrons. The predicted molar refractivity (Wildman–Crippen MR) is 68.1 cm³/mol. The Morgan fingerprint density at radius 2 is 2.18 bits per heavy atom. The van der Waals surface area contributed by atoms with Crippen LogP contribution in [0.1, 0.15) is 19.4 Å². The molecule has 1 aliphatic rings. The molecule has 2 rings (SSSR count). The fraction of sp³-hybridized carbons (Fsp3) is 0.500. The van der Waals surface area contributed by atoms with Crippen LogP contribution in [0, 0.1) is 5.92 Å². The van der Waals surface area contributed by atoms with Crippen molar-refractivity contribution in [3.63, 3.8) is 0 Å². The lowest BCUT2D eigenvalue weighted by Gasteiger charge is -2.37. The summed E-state index contributed by atoms with van der Waals surface area (Å²) in [5.74, 6) is 0.394. The van der Waals surface area contributed by atoms with Gasteiger partial charge in [0.05, 0.1) is 7.11 Å².